The van der Waals surface area contributed by atoms with Gasteiger partial charge in [0.15, 0.2) is 0 Å². The van der Waals surface area contributed by atoms with Gasteiger partial charge in [-0.15, -0.1) is 11.3 Å². The number of halogens is 4. The van der Waals surface area contributed by atoms with Crippen molar-refractivity contribution in [1.82, 2.24) is 0 Å². The SMILES string of the molecule is OC(CCCC(F)(F)F)c1csc(I)c1. The summed E-state index contributed by atoms with van der Waals surface area (Å²) < 4.78 is 36.5. The van der Waals surface area contributed by atoms with E-state index in [1.165, 1.54) is 11.3 Å². The van der Waals surface area contributed by atoms with Crippen molar-refractivity contribution < 1.29 is 18.3 Å². The number of hydrogen-bond donors (Lipinski definition) is 1. The van der Waals surface area contributed by atoms with E-state index in [-0.39, 0.29) is 12.8 Å². The normalized spacial score (nSPS) is 14.2. The van der Waals surface area contributed by atoms with Gasteiger partial charge in [0.25, 0.3) is 0 Å². The van der Waals surface area contributed by atoms with E-state index in [4.69, 9.17) is 0 Å². The van der Waals surface area contributed by atoms with E-state index in [1.807, 2.05) is 0 Å². The molecule has 1 aromatic rings. The number of hydrogen-bond acceptors (Lipinski definition) is 2. The summed E-state index contributed by atoms with van der Waals surface area (Å²) >= 11 is 3.59. The Morgan fingerprint density at radius 3 is 2.60 bits per heavy atom. The molecule has 0 aromatic carbocycles. The average Bonchev–Trinajstić information content (AvgIpc) is 2.49. The minimum absolute atomic E-state index is 0.0307. The molecule has 0 amide bonds. The molecular formula is C9H10F3IOS. The van der Waals surface area contributed by atoms with Gasteiger partial charge >= 0.3 is 6.18 Å². The van der Waals surface area contributed by atoms with Crippen LogP contribution in [0.4, 0.5) is 13.2 Å². The van der Waals surface area contributed by atoms with Gasteiger partial charge < -0.3 is 5.11 Å². The summed E-state index contributed by atoms with van der Waals surface area (Å²) in [6, 6.07) is 1.80. The first kappa shape index (κ1) is 13.2. The number of alkyl halides is 3. The molecule has 0 aliphatic heterocycles. The number of thiophene rings is 1. The van der Waals surface area contributed by atoms with E-state index in [9.17, 15) is 18.3 Å². The van der Waals surface area contributed by atoms with Gasteiger partial charge in [0.1, 0.15) is 0 Å². The van der Waals surface area contributed by atoms with Gasteiger partial charge in [-0.2, -0.15) is 13.2 Å². The third-order valence-corrected chi connectivity index (χ3v) is 3.72. The molecule has 1 unspecified atom stereocenters. The molecule has 1 N–H and O–H groups in total. The molecule has 15 heavy (non-hydrogen) atoms. The average molecular weight is 350 g/mol. The number of rotatable bonds is 4. The van der Waals surface area contributed by atoms with Crippen LogP contribution in [0.1, 0.15) is 30.9 Å². The summed E-state index contributed by atoms with van der Waals surface area (Å²) in [5.74, 6) is 0. The van der Waals surface area contributed by atoms with Crippen LogP contribution in [0.25, 0.3) is 0 Å². The van der Waals surface area contributed by atoms with Crippen LogP contribution < -0.4 is 0 Å². The maximum atomic E-state index is 11.8. The minimum Gasteiger partial charge on any atom is -0.388 e. The zero-order chi connectivity index (χ0) is 11.5. The molecule has 0 saturated carbocycles. The summed E-state index contributed by atoms with van der Waals surface area (Å²) in [5.41, 5.74) is 0.714. The van der Waals surface area contributed by atoms with Gasteiger partial charge in [-0.1, -0.05) is 0 Å². The van der Waals surface area contributed by atoms with Crippen molar-refractivity contribution >= 4 is 33.9 Å². The summed E-state index contributed by atoms with van der Waals surface area (Å²) in [7, 11) is 0. The van der Waals surface area contributed by atoms with E-state index in [0.717, 1.165) is 2.88 Å². The van der Waals surface area contributed by atoms with Crippen LogP contribution in [-0.2, 0) is 0 Å². The molecule has 0 saturated heterocycles. The van der Waals surface area contributed by atoms with Gasteiger partial charge in [-0.3, -0.25) is 0 Å². The predicted octanol–water partition coefficient (Wildman–Crippen LogP) is 4.12. The molecule has 0 fully saturated rings. The Hall–Kier alpha value is 0.180. The van der Waals surface area contributed by atoms with Gasteiger partial charge in [0, 0.05) is 6.42 Å². The lowest BCUT2D eigenvalue weighted by Gasteiger charge is -2.09. The van der Waals surface area contributed by atoms with Crippen molar-refractivity contribution in [3.8, 4) is 0 Å². The molecule has 1 heterocycles. The van der Waals surface area contributed by atoms with Crippen LogP contribution in [0.5, 0.6) is 0 Å². The lowest BCUT2D eigenvalue weighted by molar-refractivity contribution is -0.136. The van der Waals surface area contributed by atoms with E-state index >= 15 is 0 Å². The predicted molar refractivity (Wildman–Crippen MR) is 61.9 cm³/mol. The molecule has 0 bridgehead atoms. The first-order valence-electron chi connectivity index (χ1n) is 4.37. The van der Waals surface area contributed by atoms with Gasteiger partial charge in [0.2, 0.25) is 0 Å². The summed E-state index contributed by atoms with van der Waals surface area (Å²) in [5, 5.41) is 11.3. The third-order valence-electron chi connectivity index (χ3n) is 1.91. The summed E-state index contributed by atoms with van der Waals surface area (Å²) in [6.45, 7) is 0. The van der Waals surface area contributed by atoms with E-state index in [2.05, 4.69) is 22.6 Å². The first-order valence-corrected chi connectivity index (χ1v) is 6.33. The van der Waals surface area contributed by atoms with E-state index in [0.29, 0.717) is 5.56 Å². The quantitative estimate of drug-likeness (QED) is 0.810. The molecule has 0 aliphatic carbocycles. The fourth-order valence-corrected chi connectivity index (χ4v) is 2.58. The van der Waals surface area contributed by atoms with E-state index < -0.39 is 18.7 Å². The van der Waals surface area contributed by atoms with Crippen LogP contribution in [0, 0.1) is 2.88 Å². The molecule has 1 atom stereocenters. The molecule has 1 aromatic heterocycles. The second-order valence-corrected chi connectivity index (χ2v) is 6.01. The highest BCUT2D eigenvalue weighted by Gasteiger charge is 2.26. The smallest absolute Gasteiger partial charge is 0.388 e. The molecule has 86 valence electrons. The van der Waals surface area contributed by atoms with Crippen molar-refractivity contribution in [1.29, 1.82) is 0 Å². The first-order chi connectivity index (χ1) is 6.88. The van der Waals surface area contributed by atoms with Crippen molar-refractivity contribution in [3.05, 3.63) is 19.9 Å². The van der Waals surface area contributed by atoms with Crippen LogP contribution in [0.15, 0.2) is 11.4 Å². The minimum atomic E-state index is -4.12. The Bertz CT molecular complexity index is 311. The fraction of sp³-hybridized carbons (Fsp3) is 0.556. The van der Waals surface area contributed by atoms with Crippen LogP contribution in [0.3, 0.4) is 0 Å². The molecule has 6 heteroatoms. The second kappa shape index (κ2) is 5.49. The monoisotopic (exact) mass is 350 g/mol. The fourth-order valence-electron chi connectivity index (χ4n) is 1.16. The Labute approximate surface area is 103 Å². The van der Waals surface area contributed by atoms with Crippen molar-refractivity contribution in [2.24, 2.45) is 0 Å². The zero-order valence-corrected chi connectivity index (χ0v) is 10.7. The Morgan fingerprint density at radius 2 is 2.13 bits per heavy atom. The molecular weight excluding hydrogens is 340 g/mol. The second-order valence-electron chi connectivity index (χ2n) is 3.21. The lowest BCUT2D eigenvalue weighted by Crippen LogP contribution is -2.07. The molecule has 0 spiro atoms. The van der Waals surface area contributed by atoms with Crippen molar-refractivity contribution in [3.63, 3.8) is 0 Å². The Balaban J connectivity index is 2.34. The summed E-state index contributed by atoms with van der Waals surface area (Å²) in [6.07, 6.45) is -5.59. The standard InChI is InChI=1S/C9H10F3IOS/c10-9(11,12)3-1-2-7(14)6-4-8(13)15-5-6/h4-5,7,14H,1-3H2. The highest BCUT2D eigenvalue weighted by atomic mass is 127. The molecule has 1 nitrogen and oxygen atoms in total. The van der Waals surface area contributed by atoms with E-state index in [1.54, 1.807) is 11.4 Å². The van der Waals surface area contributed by atoms with Gasteiger partial charge in [0.05, 0.1) is 8.99 Å². The maximum absolute atomic E-state index is 11.8. The highest BCUT2D eigenvalue weighted by molar-refractivity contribution is 14.1. The molecule has 1 rings (SSSR count). The number of aliphatic hydroxyl groups excluding tert-OH is 1. The van der Waals surface area contributed by atoms with Gasteiger partial charge in [-0.25, -0.2) is 0 Å². The maximum Gasteiger partial charge on any atom is 0.389 e. The molecule has 0 radical (unpaired) electrons. The Kier molecular flexibility index (Phi) is 4.85. The van der Waals surface area contributed by atoms with Crippen LogP contribution in [-0.4, -0.2) is 11.3 Å². The highest BCUT2D eigenvalue weighted by Crippen LogP contribution is 2.28. The summed E-state index contributed by atoms with van der Waals surface area (Å²) in [4.78, 5) is 0. The van der Waals surface area contributed by atoms with Crippen molar-refractivity contribution in [2.75, 3.05) is 0 Å². The third kappa shape index (κ3) is 5.17. The zero-order valence-electron chi connectivity index (χ0n) is 7.72. The topological polar surface area (TPSA) is 20.2 Å². The van der Waals surface area contributed by atoms with Crippen LogP contribution >= 0.6 is 33.9 Å². The van der Waals surface area contributed by atoms with Gasteiger partial charge in [-0.05, 0) is 52.4 Å². The van der Waals surface area contributed by atoms with Crippen LogP contribution in [0.2, 0.25) is 0 Å². The van der Waals surface area contributed by atoms with Crippen molar-refractivity contribution in [2.45, 2.75) is 31.5 Å². The lowest BCUT2D eigenvalue weighted by atomic mass is 10.1. The largest absolute Gasteiger partial charge is 0.389 e. The molecule has 0 aliphatic rings. The number of aliphatic hydroxyl groups is 1. The Morgan fingerprint density at radius 1 is 1.47 bits per heavy atom.